The van der Waals surface area contributed by atoms with Crippen molar-refractivity contribution in [2.45, 2.75) is 13.2 Å². The Labute approximate surface area is 65.7 Å². The normalized spacial score (nSPS) is 14.6. The molecule has 0 atom stereocenters. The van der Waals surface area contributed by atoms with E-state index in [0.29, 0.717) is 0 Å². The average Bonchev–Trinajstić information content (AvgIpc) is 2.50. The molecule has 0 aromatic heterocycles. The van der Waals surface area contributed by atoms with Gasteiger partial charge in [0.2, 0.25) is 0 Å². The molecule has 1 aromatic rings. The number of hydrogen-bond donors (Lipinski definition) is 0. The molecule has 0 aliphatic carbocycles. The van der Waals surface area contributed by atoms with Crippen LogP contribution in [0, 0.1) is 0 Å². The van der Waals surface area contributed by atoms with Crippen LogP contribution in [0.2, 0.25) is 0 Å². The molecule has 1 aliphatic rings. The van der Waals surface area contributed by atoms with E-state index in [9.17, 15) is 0 Å². The molecule has 2 nitrogen and oxygen atoms in total. The summed E-state index contributed by atoms with van der Waals surface area (Å²) < 4.78 is 10.3. The SMILES string of the molecule is COc1ccc2c(c1)COC2. The van der Waals surface area contributed by atoms with Crippen molar-refractivity contribution in [1.29, 1.82) is 0 Å². The third kappa shape index (κ3) is 1.10. The largest absolute Gasteiger partial charge is 0.497 e. The molecule has 0 spiro atoms. The number of benzene rings is 1. The maximum absolute atomic E-state index is 5.26. The van der Waals surface area contributed by atoms with Crippen LogP contribution in [-0.4, -0.2) is 7.11 Å². The predicted octanol–water partition coefficient (Wildman–Crippen LogP) is 1.73. The molecule has 0 fully saturated rings. The topological polar surface area (TPSA) is 18.5 Å². The third-order valence-electron chi connectivity index (χ3n) is 1.93. The van der Waals surface area contributed by atoms with Crippen LogP contribution in [0.5, 0.6) is 5.75 Å². The molecule has 0 amide bonds. The van der Waals surface area contributed by atoms with E-state index >= 15 is 0 Å². The van der Waals surface area contributed by atoms with Gasteiger partial charge in [-0.1, -0.05) is 6.07 Å². The Morgan fingerprint density at radius 1 is 1.27 bits per heavy atom. The van der Waals surface area contributed by atoms with Crippen LogP contribution < -0.4 is 4.74 Å². The molecule has 1 aliphatic heterocycles. The van der Waals surface area contributed by atoms with Crippen molar-refractivity contribution < 1.29 is 9.47 Å². The van der Waals surface area contributed by atoms with Gasteiger partial charge in [0.1, 0.15) is 5.75 Å². The van der Waals surface area contributed by atoms with Crippen LogP contribution in [0.1, 0.15) is 11.1 Å². The lowest BCUT2D eigenvalue weighted by Gasteiger charge is -2.00. The highest BCUT2D eigenvalue weighted by molar-refractivity contribution is 5.36. The summed E-state index contributed by atoms with van der Waals surface area (Å²) in [5, 5.41) is 0. The number of methoxy groups -OCH3 is 1. The van der Waals surface area contributed by atoms with E-state index < -0.39 is 0 Å². The molecule has 0 radical (unpaired) electrons. The summed E-state index contributed by atoms with van der Waals surface area (Å²) in [6.45, 7) is 1.48. The first kappa shape index (κ1) is 6.68. The first-order valence-electron chi connectivity index (χ1n) is 3.63. The van der Waals surface area contributed by atoms with Gasteiger partial charge >= 0.3 is 0 Å². The standard InChI is InChI=1S/C9H10O2/c1-10-9-3-2-7-5-11-6-8(7)4-9/h2-4H,5-6H2,1H3. The maximum atomic E-state index is 5.26. The minimum atomic E-state index is 0.729. The highest BCUT2D eigenvalue weighted by Crippen LogP contribution is 2.23. The molecular formula is C9H10O2. The zero-order valence-electron chi connectivity index (χ0n) is 6.46. The van der Waals surface area contributed by atoms with Gasteiger partial charge in [0.25, 0.3) is 0 Å². The van der Waals surface area contributed by atoms with Crippen LogP contribution >= 0.6 is 0 Å². The molecule has 1 heterocycles. The fourth-order valence-electron chi connectivity index (χ4n) is 1.28. The lowest BCUT2D eigenvalue weighted by atomic mass is 10.1. The highest BCUT2D eigenvalue weighted by Gasteiger charge is 2.10. The van der Waals surface area contributed by atoms with E-state index in [1.165, 1.54) is 11.1 Å². The lowest BCUT2D eigenvalue weighted by Crippen LogP contribution is -1.86. The van der Waals surface area contributed by atoms with Crippen molar-refractivity contribution in [2.24, 2.45) is 0 Å². The third-order valence-corrected chi connectivity index (χ3v) is 1.93. The van der Waals surface area contributed by atoms with Crippen molar-refractivity contribution in [3.05, 3.63) is 29.3 Å². The lowest BCUT2D eigenvalue weighted by molar-refractivity contribution is 0.134. The van der Waals surface area contributed by atoms with E-state index in [2.05, 4.69) is 6.07 Å². The van der Waals surface area contributed by atoms with Crippen molar-refractivity contribution in [2.75, 3.05) is 7.11 Å². The fraction of sp³-hybridized carbons (Fsp3) is 0.333. The molecular weight excluding hydrogens is 140 g/mol. The quantitative estimate of drug-likeness (QED) is 0.607. The van der Waals surface area contributed by atoms with Gasteiger partial charge in [-0.2, -0.15) is 0 Å². The summed E-state index contributed by atoms with van der Waals surface area (Å²) in [4.78, 5) is 0. The number of fused-ring (bicyclic) bond motifs is 1. The summed E-state index contributed by atoms with van der Waals surface area (Å²) >= 11 is 0. The van der Waals surface area contributed by atoms with E-state index in [0.717, 1.165) is 19.0 Å². The van der Waals surface area contributed by atoms with E-state index in [4.69, 9.17) is 9.47 Å². The zero-order chi connectivity index (χ0) is 7.68. The van der Waals surface area contributed by atoms with E-state index in [-0.39, 0.29) is 0 Å². The fourth-order valence-corrected chi connectivity index (χ4v) is 1.28. The summed E-state index contributed by atoms with van der Waals surface area (Å²) in [5.41, 5.74) is 2.54. The molecule has 2 rings (SSSR count). The van der Waals surface area contributed by atoms with Gasteiger partial charge in [-0.25, -0.2) is 0 Å². The van der Waals surface area contributed by atoms with Gasteiger partial charge in [-0.3, -0.25) is 0 Å². The molecule has 1 aromatic carbocycles. The Bertz CT molecular complexity index is 268. The predicted molar refractivity (Wildman–Crippen MR) is 41.5 cm³/mol. The van der Waals surface area contributed by atoms with Gasteiger partial charge in [-0.05, 0) is 23.3 Å². The average molecular weight is 150 g/mol. The summed E-state index contributed by atoms with van der Waals surface area (Å²) in [6, 6.07) is 6.05. The molecule has 0 saturated heterocycles. The molecule has 0 bridgehead atoms. The van der Waals surface area contributed by atoms with Crippen molar-refractivity contribution in [3.63, 3.8) is 0 Å². The van der Waals surface area contributed by atoms with Crippen LogP contribution in [0.3, 0.4) is 0 Å². The zero-order valence-corrected chi connectivity index (χ0v) is 6.46. The van der Waals surface area contributed by atoms with Crippen molar-refractivity contribution in [1.82, 2.24) is 0 Å². The Balaban J connectivity index is 2.41. The van der Waals surface area contributed by atoms with E-state index in [1.807, 2.05) is 12.1 Å². The van der Waals surface area contributed by atoms with Crippen LogP contribution in [0.25, 0.3) is 0 Å². The van der Waals surface area contributed by atoms with Crippen LogP contribution in [0.4, 0.5) is 0 Å². The summed E-state index contributed by atoms with van der Waals surface area (Å²) in [7, 11) is 1.68. The molecule has 2 heteroatoms. The Hall–Kier alpha value is -1.02. The minimum absolute atomic E-state index is 0.729. The highest BCUT2D eigenvalue weighted by atomic mass is 16.5. The second-order valence-electron chi connectivity index (χ2n) is 2.63. The van der Waals surface area contributed by atoms with Crippen molar-refractivity contribution >= 4 is 0 Å². The smallest absolute Gasteiger partial charge is 0.119 e. The monoisotopic (exact) mass is 150 g/mol. The number of ether oxygens (including phenoxy) is 2. The Kier molecular flexibility index (Phi) is 1.55. The molecule has 0 saturated carbocycles. The number of rotatable bonds is 1. The molecule has 0 unspecified atom stereocenters. The first-order chi connectivity index (χ1) is 5.40. The van der Waals surface area contributed by atoms with Gasteiger partial charge in [0.05, 0.1) is 20.3 Å². The molecule has 0 N–H and O–H groups in total. The van der Waals surface area contributed by atoms with Gasteiger partial charge in [0.15, 0.2) is 0 Å². The minimum Gasteiger partial charge on any atom is -0.497 e. The van der Waals surface area contributed by atoms with Crippen LogP contribution in [0.15, 0.2) is 18.2 Å². The summed E-state index contributed by atoms with van der Waals surface area (Å²) in [5.74, 6) is 0.911. The second kappa shape index (κ2) is 2.55. The molecule has 11 heavy (non-hydrogen) atoms. The molecule has 58 valence electrons. The van der Waals surface area contributed by atoms with Gasteiger partial charge in [0, 0.05) is 0 Å². The Morgan fingerprint density at radius 3 is 2.91 bits per heavy atom. The van der Waals surface area contributed by atoms with E-state index in [1.54, 1.807) is 7.11 Å². The van der Waals surface area contributed by atoms with Gasteiger partial charge in [-0.15, -0.1) is 0 Å². The maximum Gasteiger partial charge on any atom is 0.119 e. The Morgan fingerprint density at radius 2 is 2.09 bits per heavy atom. The van der Waals surface area contributed by atoms with Crippen LogP contribution in [-0.2, 0) is 18.0 Å². The van der Waals surface area contributed by atoms with Crippen molar-refractivity contribution in [3.8, 4) is 5.75 Å². The number of hydrogen-bond acceptors (Lipinski definition) is 2. The first-order valence-corrected chi connectivity index (χ1v) is 3.63. The summed E-state index contributed by atoms with van der Waals surface area (Å²) in [6.07, 6.45) is 0. The van der Waals surface area contributed by atoms with Gasteiger partial charge < -0.3 is 9.47 Å². The second-order valence-corrected chi connectivity index (χ2v) is 2.63.